The Morgan fingerprint density at radius 1 is 0.261 bits per heavy atom. The Morgan fingerprint density at radius 2 is 0.435 bits per heavy atom. The van der Waals surface area contributed by atoms with Crippen LogP contribution in [0.4, 0.5) is 0 Å². The molecule has 0 saturated heterocycles. The third-order valence-electron chi connectivity index (χ3n) is 17.3. The van der Waals surface area contributed by atoms with Crippen LogP contribution in [0.15, 0.2) is 121 Å². The maximum absolute atomic E-state index is 14.4. The largest absolute Gasteiger partial charge is 0.478 e. The Morgan fingerprint density at radius 3 is 0.598 bits per heavy atom. The van der Waals surface area contributed by atoms with Crippen molar-refractivity contribution >= 4 is 67.0 Å². The average Bonchev–Trinajstić information content (AvgIpc) is 0.680. The summed E-state index contributed by atoms with van der Waals surface area (Å²) in [4.78, 5) is 57.8. The maximum Gasteiger partial charge on any atom is 0.336 e. The minimum atomic E-state index is -1.48. The molecule has 0 aliphatic rings. The zero-order chi connectivity index (χ0) is 68.0. The predicted molar refractivity (Wildman–Crippen MR) is 370 cm³/mol. The van der Waals surface area contributed by atoms with E-state index in [1.165, 1.54) is 24.3 Å². The number of hydrogen-bond acceptors (Lipinski definition) is 8. The Hall–Kier alpha value is -8.64. The highest BCUT2D eigenvalue weighted by molar-refractivity contribution is 6.42. The van der Waals surface area contributed by atoms with Crippen molar-refractivity contribution in [2.75, 3.05) is 0 Å². The van der Waals surface area contributed by atoms with Crippen molar-refractivity contribution in [3.8, 4) is 46.0 Å². The van der Waals surface area contributed by atoms with Gasteiger partial charge >= 0.3 is 23.9 Å². The molecule has 0 bridgehead atoms. The fraction of sp³-hybridized carbons (Fsp3) is 0.400. The summed E-state index contributed by atoms with van der Waals surface area (Å²) in [6.45, 7) is 42.7. The Bertz CT molecular complexity index is 3840. The third-order valence-corrected chi connectivity index (χ3v) is 17.3. The maximum atomic E-state index is 14.4. The van der Waals surface area contributed by atoms with Gasteiger partial charge in [-0.1, -0.05) is 211 Å². The van der Waals surface area contributed by atoms with Crippen LogP contribution in [0.5, 0.6) is 46.0 Å². The quantitative estimate of drug-likeness (QED) is 0.0419. The van der Waals surface area contributed by atoms with Crippen molar-refractivity contribution < 1.29 is 58.6 Å². The van der Waals surface area contributed by atoms with Gasteiger partial charge in [0.2, 0.25) is 0 Å². The molecule has 12 heteroatoms. The van der Waals surface area contributed by atoms with Crippen molar-refractivity contribution in [2.45, 2.75) is 186 Å². The van der Waals surface area contributed by atoms with Crippen LogP contribution >= 0.6 is 0 Å². The lowest BCUT2D eigenvalue weighted by atomic mass is 9.72. The predicted octanol–water partition coefficient (Wildman–Crippen LogP) is 22.6. The van der Waals surface area contributed by atoms with Gasteiger partial charge in [0, 0.05) is 65.3 Å². The molecule has 0 aromatic heterocycles. The van der Waals surface area contributed by atoms with Gasteiger partial charge in [0.15, 0.2) is 0 Å². The highest BCUT2D eigenvalue weighted by Gasteiger charge is 2.39. The van der Waals surface area contributed by atoms with Gasteiger partial charge in [-0.05, 0) is 118 Å². The first-order chi connectivity index (χ1) is 42.4. The van der Waals surface area contributed by atoms with E-state index in [-0.39, 0.29) is 87.7 Å². The van der Waals surface area contributed by atoms with E-state index in [0.29, 0.717) is 48.7 Å². The highest BCUT2D eigenvalue weighted by atomic mass is 16.5. The summed E-state index contributed by atoms with van der Waals surface area (Å²) >= 11 is 0. The van der Waals surface area contributed by atoms with E-state index in [0.717, 1.165) is 22.3 Å². The summed E-state index contributed by atoms with van der Waals surface area (Å²) in [5.74, 6) is -4.78. The number of hydrogen-bond donors (Lipinski definition) is 4. The average molecular weight is 1250 g/mol. The molecule has 0 atom stereocenters. The molecular formula is C80H92O12. The van der Waals surface area contributed by atoms with Crippen molar-refractivity contribution in [1.29, 1.82) is 0 Å². The van der Waals surface area contributed by atoms with E-state index in [1.807, 2.05) is 72.8 Å². The molecule has 92 heavy (non-hydrogen) atoms. The fourth-order valence-corrected chi connectivity index (χ4v) is 15.8. The molecule has 9 aromatic rings. The van der Waals surface area contributed by atoms with Crippen LogP contribution in [0.1, 0.15) is 228 Å². The summed E-state index contributed by atoms with van der Waals surface area (Å²) in [5.41, 5.74) is -1.52. The number of para-hydroxylation sites is 4. The molecule has 12 nitrogen and oxygen atoms in total. The second kappa shape index (κ2) is 23.8. The number of ether oxygens (including phenoxy) is 4. The third kappa shape index (κ3) is 13.8. The van der Waals surface area contributed by atoms with Crippen molar-refractivity contribution in [3.63, 3.8) is 0 Å². The van der Waals surface area contributed by atoms with Crippen LogP contribution < -0.4 is 18.9 Å². The molecule has 9 aromatic carbocycles. The minimum Gasteiger partial charge on any atom is -0.478 e. The van der Waals surface area contributed by atoms with Crippen LogP contribution in [-0.4, -0.2) is 44.3 Å². The Kier molecular flexibility index (Phi) is 17.5. The number of fused-ring (bicyclic) bond motifs is 2. The van der Waals surface area contributed by atoms with Gasteiger partial charge in [0.25, 0.3) is 0 Å². The van der Waals surface area contributed by atoms with Crippen LogP contribution in [0.2, 0.25) is 0 Å². The highest BCUT2D eigenvalue weighted by Crippen LogP contribution is 2.59. The zero-order valence-corrected chi connectivity index (χ0v) is 57.4. The van der Waals surface area contributed by atoms with E-state index in [1.54, 1.807) is 24.3 Å². The number of rotatable bonds is 20. The van der Waals surface area contributed by atoms with Gasteiger partial charge in [-0.3, -0.25) is 0 Å². The summed E-state index contributed by atoms with van der Waals surface area (Å²) in [6.07, 6.45) is 2.77. The first kappa shape index (κ1) is 67.7. The Balaban J connectivity index is 1.62. The molecule has 0 fully saturated rings. The topological polar surface area (TPSA) is 186 Å². The molecule has 0 amide bonds. The molecule has 9 rings (SSSR count). The standard InChI is InChI=1S/C80H92O12/c1-73(2,3)41-77(13,14)49-29-21-25-33-53(49)89-57-37-45(69(81)82)61-46(70(83)84)39-59(91-55-35-27-23-31-51(55)79(17,18)43-75(7,8)9)65-66-60(92-56-36-28-24-32-52(56)80(19,20)44-76(10,11)12)40-48(72(87)88)62-47(71(85)86)38-58(64(68(62)66)63(57)67(61)65)90-54-34-26-22-30-50(54)78(15,16)42-74(4,5)6/h21-40H,41-44H2,1-20H3,(H,81,82)(H,83,84)(H,85,86)(H,87,88). The van der Waals surface area contributed by atoms with Crippen LogP contribution in [0.25, 0.3) is 43.1 Å². The van der Waals surface area contributed by atoms with Crippen molar-refractivity contribution in [3.05, 3.63) is 166 Å². The molecule has 4 N–H and O–H groups in total. The molecule has 0 saturated carbocycles. The van der Waals surface area contributed by atoms with Crippen molar-refractivity contribution in [1.82, 2.24) is 0 Å². The summed E-state index contributed by atoms with van der Waals surface area (Å²) in [5, 5.41) is 47.0. The monoisotopic (exact) mass is 1240 g/mol. The van der Waals surface area contributed by atoms with Crippen LogP contribution in [0, 0.1) is 21.7 Å². The first-order valence-corrected chi connectivity index (χ1v) is 31.8. The molecule has 0 spiro atoms. The number of benzene rings is 9. The lowest BCUT2D eigenvalue weighted by Crippen LogP contribution is -2.25. The summed E-state index contributed by atoms with van der Waals surface area (Å²) in [6, 6.07) is 35.2. The van der Waals surface area contributed by atoms with Gasteiger partial charge < -0.3 is 39.4 Å². The van der Waals surface area contributed by atoms with E-state index >= 15 is 0 Å². The van der Waals surface area contributed by atoms with E-state index < -0.39 is 67.8 Å². The summed E-state index contributed by atoms with van der Waals surface area (Å²) in [7, 11) is 0. The SMILES string of the molecule is CC(C)(C)CC(C)(C)c1ccccc1Oc1cc(C(=O)O)c2c(C(=O)O)cc(Oc3ccccc3C(C)(C)CC(C)(C)C)c3c4c(Oc5ccccc5C(C)(C)CC(C)(C)C)cc(C(=O)O)c5c(C(=O)O)cc(Oc6ccccc6C(C)(C)CC(C)(C)C)c(c1c23)c54. The van der Waals surface area contributed by atoms with E-state index in [4.69, 9.17) is 18.9 Å². The van der Waals surface area contributed by atoms with Gasteiger partial charge in [-0.15, -0.1) is 0 Å². The van der Waals surface area contributed by atoms with Crippen LogP contribution in [0.3, 0.4) is 0 Å². The zero-order valence-electron chi connectivity index (χ0n) is 57.4. The van der Waals surface area contributed by atoms with Gasteiger partial charge in [-0.25, -0.2) is 19.2 Å². The van der Waals surface area contributed by atoms with Gasteiger partial charge in [0.1, 0.15) is 46.0 Å². The fourth-order valence-electron chi connectivity index (χ4n) is 15.8. The molecule has 0 unspecified atom stereocenters. The number of aromatic carboxylic acids is 4. The minimum absolute atomic E-state index is 0.0324. The van der Waals surface area contributed by atoms with Gasteiger partial charge in [-0.2, -0.15) is 0 Å². The molecule has 0 aliphatic heterocycles. The lowest BCUT2D eigenvalue weighted by molar-refractivity contribution is 0.0680. The smallest absolute Gasteiger partial charge is 0.336 e. The molecule has 0 aliphatic carbocycles. The number of carboxylic acid groups (broad SMARTS) is 4. The summed E-state index contributed by atoms with van der Waals surface area (Å²) < 4.78 is 29.5. The molecule has 0 heterocycles. The first-order valence-electron chi connectivity index (χ1n) is 31.8. The second-order valence-corrected chi connectivity index (χ2v) is 32.8. The normalized spacial score (nSPS) is 13.1. The molecule has 0 radical (unpaired) electrons. The number of carbonyl (C=O) groups is 4. The Labute approximate surface area is 542 Å². The van der Waals surface area contributed by atoms with E-state index in [9.17, 15) is 39.6 Å². The lowest BCUT2D eigenvalue weighted by Gasteiger charge is -2.35. The molecule has 484 valence electrons. The van der Waals surface area contributed by atoms with Crippen molar-refractivity contribution in [2.24, 2.45) is 21.7 Å². The second-order valence-electron chi connectivity index (χ2n) is 32.8. The van der Waals surface area contributed by atoms with Crippen LogP contribution in [-0.2, 0) is 21.7 Å². The van der Waals surface area contributed by atoms with Gasteiger partial charge in [0.05, 0.1) is 22.3 Å². The van der Waals surface area contributed by atoms with E-state index in [2.05, 4.69) is 138 Å². The molecular weight excluding hydrogens is 1150 g/mol. The number of carboxylic acids is 4.